The second-order valence-electron chi connectivity index (χ2n) is 19.2. The molecule has 6 nitrogen and oxygen atoms in total. The van der Waals surface area contributed by atoms with E-state index in [1.54, 1.807) is 0 Å². The van der Waals surface area contributed by atoms with E-state index in [9.17, 15) is 14.4 Å². The van der Waals surface area contributed by atoms with Gasteiger partial charge in [0.05, 0.1) is 0 Å². The highest BCUT2D eigenvalue weighted by atomic mass is 16.6. The lowest BCUT2D eigenvalue weighted by molar-refractivity contribution is -0.167. The summed E-state index contributed by atoms with van der Waals surface area (Å²) in [5, 5.41) is 0. The summed E-state index contributed by atoms with van der Waals surface area (Å²) in [6.07, 6.45) is 79.5. The van der Waals surface area contributed by atoms with E-state index in [1.807, 2.05) is 0 Å². The van der Waals surface area contributed by atoms with Crippen LogP contribution in [0, 0.1) is 0 Å². The summed E-state index contributed by atoms with van der Waals surface area (Å²) in [4.78, 5) is 38.1. The third-order valence-corrected chi connectivity index (χ3v) is 12.2. The molecule has 0 aliphatic carbocycles. The second kappa shape index (κ2) is 58.6. The minimum Gasteiger partial charge on any atom is -0.462 e. The topological polar surface area (TPSA) is 78.9 Å². The van der Waals surface area contributed by atoms with Gasteiger partial charge in [0, 0.05) is 19.3 Å². The Morgan fingerprint density at radius 3 is 0.930 bits per heavy atom. The summed E-state index contributed by atoms with van der Waals surface area (Å²) >= 11 is 0. The molecule has 404 valence electrons. The first-order valence-electron chi connectivity index (χ1n) is 29.4. The van der Waals surface area contributed by atoms with Crippen molar-refractivity contribution in [3.63, 3.8) is 0 Å². The summed E-state index contributed by atoms with van der Waals surface area (Å²) in [6, 6.07) is 0. The molecule has 0 rings (SSSR count). The van der Waals surface area contributed by atoms with Crippen molar-refractivity contribution in [2.24, 2.45) is 0 Å². The van der Waals surface area contributed by atoms with Crippen LogP contribution in [0.15, 0.2) is 109 Å². The molecule has 0 saturated carbocycles. The summed E-state index contributed by atoms with van der Waals surface area (Å²) in [7, 11) is 0. The molecule has 0 saturated heterocycles. The molecule has 0 fully saturated rings. The molecular weight excluding hydrogens is 877 g/mol. The van der Waals surface area contributed by atoms with Crippen LogP contribution < -0.4 is 0 Å². The first-order valence-corrected chi connectivity index (χ1v) is 29.4. The predicted molar refractivity (Wildman–Crippen MR) is 307 cm³/mol. The minimum absolute atomic E-state index is 0.0898. The fourth-order valence-corrected chi connectivity index (χ4v) is 7.83. The van der Waals surface area contributed by atoms with Crippen molar-refractivity contribution in [3.8, 4) is 0 Å². The van der Waals surface area contributed by atoms with Crippen molar-refractivity contribution in [1.82, 2.24) is 0 Å². The molecule has 6 heteroatoms. The molecule has 0 amide bonds. The van der Waals surface area contributed by atoms with Crippen LogP contribution in [0.1, 0.15) is 265 Å². The standard InChI is InChI=1S/C65H108O6/c1-4-7-10-13-16-19-22-24-26-27-28-29-30-31-32-33-34-35-36-37-38-39-40-42-43-46-49-52-55-58-64(67)70-61-62(60-69-63(66)57-54-51-48-45-21-18-15-12-9-6-3)71-65(68)59-56-53-50-47-44-41-25-23-20-17-14-11-8-5-2/h7,10,12,15-16,19,23-26,28-29,31-32,34-35,37-38,62H,4-6,8-9,11,13-14,17-18,20-22,27,30,33,36,39-61H2,1-3H3/b10-7-,15-12-,19-16-,25-23-,26-24-,29-28-,32-31-,35-34-,38-37-. The zero-order valence-corrected chi connectivity index (χ0v) is 46.2. The summed E-state index contributed by atoms with van der Waals surface area (Å²) in [5.74, 6) is -0.920. The highest BCUT2D eigenvalue weighted by Gasteiger charge is 2.19. The molecule has 0 N–H and O–H groups in total. The van der Waals surface area contributed by atoms with Gasteiger partial charge in [-0.2, -0.15) is 0 Å². The largest absolute Gasteiger partial charge is 0.462 e. The lowest BCUT2D eigenvalue weighted by Gasteiger charge is -2.18. The van der Waals surface area contributed by atoms with Crippen LogP contribution in [-0.2, 0) is 28.6 Å². The average molecular weight is 986 g/mol. The van der Waals surface area contributed by atoms with E-state index in [0.717, 1.165) is 141 Å². The third kappa shape index (κ3) is 56.9. The number of carbonyl (C=O) groups excluding carboxylic acids is 3. The smallest absolute Gasteiger partial charge is 0.306 e. The van der Waals surface area contributed by atoms with Gasteiger partial charge in [-0.3, -0.25) is 14.4 Å². The van der Waals surface area contributed by atoms with E-state index >= 15 is 0 Å². The van der Waals surface area contributed by atoms with Crippen LogP contribution in [0.4, 0.5) is 0 Å². The van der Waals surface area contributed by atoms with E-state index in [-0.39, 0.29) is 31.1 Å². The molecule has 1 unspecified atom stereocenters. The van der Waals surface area contributed by atoms with Gasteiger partial charge in [0.15, 0.2) is 6.10 Å². The Hall–Kier alpha value is -3.93. The first kappa shape index (κ1) is 67.1. The molecule has 0 aliphatic rings. The fraction of sp³-hybridized carbons (Fsp3) is 0.677. The Morgan fingerprint density at radius 1 is 0.296 bits per heavy atom. The Labute approximate surface area is 438 Å². The maximum absolute atomic E-state index is 12.8. The van der Waals surface area contributed by atoms with Crippen LogP contribution in [0.2, 0.25) is 0 Å². The molecule has 1 atom stereocenters. The zero-order valence-electron chi connectivity index (χ0n) is 46.2. The lowest BCUT2D eigenvalue weighted by Crippen LogP contribution is -2.30. The van der Waals surface area contributed by atoms with Crippen molar-refractivity contribution < 1.29 is 28.6 Å². The molecule has 0 aromatic heterocycles. The molecule has 71 heavy (non-hydrogen) atoms. The number of carbonyl (C=O) groups is 3. The van der Waals surface area contributed by atoms with Crippen LogP contribution in [0.25, 0.3) is 0 Å². The van der Waals surface area contributed by atoms with Gasteiger partial charge in [-0.05, 0) is 122 Å². The molecule has 0 aromatic rings. The van der Waals surface area contributed by atoms with E-state index in [2.05, 4.69) is 130 Å². The summed E-state index contributed by atoms with van der Waals surface area (Å²) < 4.78 is 16.8. The number of esters is 3. The van der Waals surface area contributed by atoms with Gasteiger partial charge < -0.3 is 14.2 Å². The molecule has 0 aromatic carbocycles. The van der Waals surface area contributed by atoms with Crippen molar-refractivity contribution in [2.75, 3.05) is 13.2 Å². The summed E-state index contributed by atoms with van der Waals surface area (Å²) in [5.41, 5.74) is 0. The number of ether oxygens (including phenoxy) is 3. The molecule has 0 heterocycles. The number of hydrogen-bond donors (Lipinski definition) is 0. The Morgan fingerprint density at radius 2 is 0.577 bits per heavy atom. The Bertz CT molecular complexity index is 1460. The van der Waals surface area contributed by atoms with Gasteiger partial charge in [0.25, 0.3) is 0 Å². The van der Waals surface area contributed by atoms with Crippen LogP contribution in [-0.4, -0.2) is 37.2 Å². The average Bonchev–Trinajstić information content (AvgIpc) is 3.37. The molecule has 0 bridgehead atoms. The van der Waals surface area contributed by atoms with Crippen molar-refractivity contribution in [3.05, 3.63) is 109 Å². The predicted octanol–water partition coefficient (Wildman–Crippen LogP) is 19.9. The Balaban J connectivity index is 4.27. The number of unbranched alkanes of at least 4 members (excludes halogenated alkanes) is 23. The van der Waals surface area contributed by atoms with Gasteiger partial charge in [-0.1, -0.05) is 233 Å². The molecule has 0 spiro atoms. The Kier molecular flexibility index (Phi) is 55.4. The van der Waals surface area contributed by atoms with E-state index < -0.39 is 6.10 Å². The number of rotatable bonds is 52. The molecular formula is C65H108O6. The van der Waals surface area contributed by atoms with E-state index in [4.69, 9.17) is 14.2 Å². The van der Waals surface area contributed by atoms with Crippen LogP contribution in [0.3, 0.4) is 0 Å². The fourth-order valence-electron chi connectivity index (χ4n) is 7.83. The molecule has 0 aliphatic heterocycles. The van der Waals surface area contributed by atoms with Gasteiger partial charge in [-0.25, -0.2) is 0 Å². The van der Waals surface area contributed by atoms with Crippen molar-refractivity contribution in [1.29, 1.82) is 0 Å². The quantitative estimate of drug-likeness (QED) is 0.0261. The highest BCUT2D eigenvalue weighted by molar-refractivity contribution is 5.71. The normalized spacial score (nSPS) is 12.9. The zero-order chi connectivity index (χ0) is 51.4. The SMILES string of the molecule is CC/C=C\C/C=C\C/C=C\C/C=C\C/C=C\C/C=C\C/C=C\CCCCCCCCCC(=O)OCC(COC(=O)CCCCCCC/C=C\CCC)OC(=O)CCCCCCC/C=C\CCCCCCC. The number of hydrogen-bond acceptors (Lipinski definition) is 6. The van der Waals surface area contributed by atoms with E-state index in [0.29, 0.717) is 19.3 Å². The van der Waals surface area contributed by atoms with Gasteiger partial charge in [-0.15, -0.1) is 0 Å². The van der Waals surface area contributed by atoms with Gasteiger partial charge in [0.1, 0.15) is 13.2 Å². The van der Waals surface area contributed by atoms with Crippen molar-refractivity contribution >= 4 is 17.9 Å². The van der Waals surface area contributed by atoms with Gasteiger partial charge in [0.2, 0.25) is 0 Å². The maximum Gasteiger partial charge on any atom is 0.306 e. The number of allylic oxidation sites excluding steroid dienone is 18. The lowest BCUT2D eigenvalue weighted by atomic mass is 10.1. The highest BCUT2D eigenvalue weighted by Crippen LogP contribution is 2.14. The monoisotopic (exact) mass is 985 g/mol. The van der Waals surface area contributed by atoms with Crippen LogP contribution in [0.5, 0.6) is 0 Å². The van der Waals surface area contributed by atoms with Gasteiger partial charge >= 0.3 is 17.9 Å². The summed E-state index contributed by atoms with van der Waals surface area (Å²) in [6.45, 7) is 6.43. The maximum atomic E-state index is 12.8. The molecule has 0 radical (unpaired) electrons. The van der Waals surface area contributed by atoms with Crippen molar-refractivity contribution in [2.45, 2.75) is 271 Å². The third-order valence-electron chi connectivity index (χ3n) is 12.2. The first-order chi connectivity index (χ1) is 35.0. The van der Waals surface area contributed by atoms with Crippen LogP contribution >= 0.6 is 0 Å². The second-order valence-corrected chi connectivity index (χ2v) is 19.2. The van der Waals surface area contributed by atoms with E-state index in [1.165, 1.54) is 83.5 Å². The minimum atomic E-state index is -0.791.